The molecule has 1 heterocycles. The molecule has 1 aliphatic carbocycles. The highest BCUT2D eigenvalue weighted by Crippen LogP contribution is 2.37. The van der Waals surface area contributed by atoms with Crippen molar-refractivity contribution in [2.45, 2.75) is 38.5 Å². The van der Waals surface area contributed by atoms with Crippen LogP contribution in [0.25, 0.3) is 11.5 Å². The molecule has 3 amide bonds. The Morgan fingerprint density at radius 2 is 1.88 bits per heavy atom. The molecule has 15 heteroatoms. The largest absolute Gasteiger partial charge is 0.489 e. The van der Waals surface area contributed by atoms with Gasteiger partial charge in [0.1, 0.15) is 11.6 Å². The quantitative estimate of drug-likeness (QED) is 0.214. The molecule has 1 fully saturated rings. The zero-order valence-corrected chi connectivity index (χ0v) is 23.4. The van der Waals surface area contributed by atoms with Crippen LogP contribution in [0.4, 0.5) is 22.4 Å². The first-order valence-corrected chi connectivity index (χ1v) is 12.8. The summed E-state index contributed by atoms with van der Waals surface area (Å²) in [6.07, 6.45) is 1.95. The maximum atomic E-state index is 14.6. The first-order chi connectivity index (χ1) is 19.5. The molecule has 2 atom stereocenters. The summed E-state index contributed by atoms with van der Waals surface area (Å²) in [5.41, 5.74) is 6.01. The van der Waals surface area contributed by atoms with Gasteiger partial charge in [-0.2, -0.15) is 8.78 Å². The monoisotopic (exact) mass is 615 g/mol. The van der Waals surface area contributed by atoms with Crippen LogP contribution in [0, 0.1) is 17.6 Å². The lowest BCUT2D eigenvalue weighted by atomic mass is 10.1. The van der Waals surface area contributed by atoms with Crippen molar-refractivity contribution in [2.75, 3.05) is 20.2 Å². The molecular formula is C27H30ClF4N5O5. The number of halogens is 5. The number of hydrogen-bond acceptors (Lipinski definition) is 7. The van der Waals surface area contributed by atoms with Crippen LogP contribution in [0.5, 0.6) is 11.5 Å². The number of nitrogens with one attached hydrogen (secondary N) is 3. The van der Waals surface area contributed by atoms with Gasteiger partial charge in [0, 0.05) is 30.8 Å². The van der Waals surface area contributed by atoms with Crippen LogP contribution in [-0.2, 0) is 0 Å². The molecule has 1 aliphatic rings. The average molecular weight is 616 g/mol. The third-order valence-electron chi connectivity index (χ3n) is 6.20. The Hall–Kier alpha value is -4.04. The van der Waals surface area contributed by atoms with Gasteiger partial charge in [-0.3, -0.25) is 4.79 Å². The summed E-state index contributed by atoms with van der Waals surface area (Å²) in [5.74, 6) is -2.44. The minimum absolute atomic E-state index is 0. The van der Waals surface area contributed by atoms with Crippen LogP contribution in [0.15, 0.2) is 40.8 Å². The number of rotatable bonds is 12. The Bertz CT molecular complexity index is 1400. The molecule has 3 aromatic rings. The van der Waals surface area contributed by atoms with E-state index in [2.05, 4.69) is 25.7 Å². The number of carbonyl (C=O) groups is 2. The van der Waals surface area contributed by atoms with E-state index < -0.39 is 42.3 Å². The summed E-state index contributed by atoms with van der Waals surface area (Å²) in [7, 11) is 1.38. The van der Waals surface area contributed by atoms with E-state index in [9.17, 15) is 27.2 Å². The highest BCUT2D eigenvalue weighted by molar-refractivity contribution is 5.94. The van der Waals surface area contributed by atoms with E-state index >= 15 is 0 Å². The van der Waals surface area contributed by atoms with Gasteiger partial charge in [-0.1, -0.05) is 6.07 Å². The number of alkyl halides is 2. The highest BCUT2D eigenvalue weighted by Gasteiger charge is 2.28. The number of aromatic nitrogens is 1. The van der Waals surface area contributed by atoms with E-state index in [-0.39, 0.29) is 53.4 Å². The number of urea groups is 1. The molecule has 0 radical (unpaired) electrons. The van der Waals surface area contributed by atoms with Gasteiger partial charge in [-0.15, -0.1) is 12.4 Å². The summed E-state index contributed by atoms with van der Waals surface area (Å²) in [5, 5.41) is 7.40. The van der Waals surface area contributed by atoms with Gasteiger partial charge in [0.2, 0.25) is 5.89 Å². The molecule has 10 nitrogen and oxygen atoms in total. The summed E-state index contributed by atoms with van der Waals surface area (Å²) in [6.45, 7) is -1.45. The molecule has 2 aromatic carbocycles. The van der Waals surface area contributed by atoms with Crippen molar-refractivity contribution in [1.29, 1.82) is 0 Å². The molecule has 5 N–H and O–H groups in total. The molecule has 228 valence electrons. The molecule has 42 heavy (non-hydrogen) atoms. The summed E-state index contributed by atoms with van der Waals surface area (Å²) >= 11 is 0. The van der Waals surface area contributed by atoms with E-state index in [1.54, 1.807) is 6.92 Å². The molecule has 0 aliphatic heterocycles. The first-order valence-electron chi connectivity index (χ1n) is 12.8. The normalized spacial score (nSPS) is 14.0. The Kier molecular flexibility index (Phi) is 11.0. The first kappa shape index (κ1) is 32.5. The predicted octanol–water partition coefficient (Wildman–Crippen LogP) is 4.85. The predicted molar refractivity (Wildman–Crippen MR) is 146 cm³/mol. The number of amides is 3. The number of nitrogens with two attached hydrogens (primary N) is 1. The molecule has 1 saturated carbocycles. The van der Waals surface area contributed by atoms with Gasteiger partial charge in [-0.05, 0) is 49.9 Å². The average Bonchev–Trinajstić information content (AvgIpc) is 3.64. The van der Waals surface area contributed by atoms with E-state index in [4.69, 9.17) is 14.9 Å². The van der Waals surface area contributed by atoms with E-state index in [1.165, 1.54) is 25.2 Å². The van der Waals surface area contributed by atoms with E-state index in [0.717, 1.165) is 25.0 Å². The SMILES string of the molecule is CNC(=O)NCC(NC(=O)c1nc(-c2ccc(OC(F)F)c(OCC3CC3)c2)oc1[C@H](C)N)c1ccc(F)cc1F.Cl. The fourth-order valence-electron chi connectivity index (χ4n) is 3.90. The third-order valence-corrected chi connectivity index (χ3v) is 6.20. The maximum Gasteiger partial charge on any atom is 0.387 e. The zero-order chi connectivity index (χ0) is 29.7. The lowest BCUT2D eigenvalue weighted by Gasteiger charge is -2.20. The van der Waals surface area contributed by atoms with Crippen molar-refractivity contribution >= 4 is 24.3 Å². The number of oxazole rings is 1. The van der Waals surface area contributed by atoms with Gasteiger partial charge < -0.3 is 35.6 Å². The number of benzene rings is 2. The van der Waals surface area contributed by atoms with Crippen LogP contribution < -0.4 is 31.2 Å². The van der Waals surface area contributed by atoms with Crippen molar-refractivity contribution in [3.63, 3.8) is 0 Å². The standard InChI is InChI=1S/C27H29F4N5O5.ClH/c1-13(32)23-22(24(37)35-19(11-34-27(38)33-2)17-7-6-16(28)10-18(17)29)36-25(41-23)15-5-8-20(40-26(30)31)21(9-15)39-12-14-3-4-14;/h5-10,13-14,19,26H,3-4,11-12,32H2,1-2H3,(H,35,37)(H2,33,34,38);1H/t13-,19?;/m0./s1. The zero-order valence-electron chi connectivity index (χ0n) is 22.6. The minimum Gasteiger partial charge on any atom is -0.489 e. The number of ether oxygens (including phenoxy) is 2. The molecule has 0 saturated heterocycles. The van der Waals surface area contributed by atoms with Crippen molar-refractivity contribution in [1.82, 2.24) is 20.9 Å². The van der Waals surface area contributed by atoms with Crippen molar-refractivity contribution < 1.29 is 41.0 Å². The van der Waals surface area contributed by atoms with Crippen LogP contribution in [-0.4, -0.2) is 43.7 Å². The Balaban J connectivity index is 0.00000484. The summed E-state index contributed by atoms with van der Waals surface area (Å²) in [4.78, 5) is 29.4. The fraction of sp³-hybridized carbons (Fsp3) is 0.370. The van der Waals surface area contributed by atoms with Gasteiger partial charge >= 0.3 is 12.6 Å². The van der Waals surface area contributed by atoms with Crippen LogP contribution in [0.2, 0.25) is 0 Å². The van der Waals surface area contributed by atoms with Gasteiger partial charge in [0.25, 0.3) is 5.91 Å². The molecule has 1 unspecified atom stereocenters. The third kappa shape index (κ3) is 8.26. The second-order valence-corrected chi connectivity index (χ2v) is 9.47. The van der Waals surface area contributed by atoms with E-state index in [1.807, 2.05) is 0 Å². The van der Waals surface area contributed by atoms with Gasteiger partial charge in [0.05, 0.1) is 18.7 Å². The highest BCUT2D eigenvalue weighted by atomic mass is 35.5. The molecular weight excluding hydrogens is 586 g/mol. The Morgan fingerprint density at radius 3 is 2.50 bits per heavy atom. The van der Waals surface area contributed by atoms with Gasteiger partial charge in [0.15, 0.2) is 23.0 Å². The minimum atomic E-state index is -3.07. The maximum absolute atomic E-state index is 14.6. The van der Waals surface area contributed by atoms with E-state index in [0.29, 0.717) is 24.2 Å². The second kappa shape index (κ2) is 14.2. The molecule has 0 spiro atoms. The van der Waals surface area contributed by atoms with Crippen molar-refractivity contribution in [3.8, 4) is 23.0 Å². The Morgan fingerprint density at radius 1 is 1.14 bits per heavy atom. The van der Waals surface area contributed by atoms with Gasteiger partial charge in [-0.25, -0.2) is 18.6 Å². The lowest BCUT2D eigenvalue weighted by Crippen LogP contribution is -2.41. The molecule has 4 rings (SSSR count). The smallest absolute Gasteiger partial charge is 0.387 e. The lowest BCUT2D eigenvalue weighted by molar-refractivity contribution is -0.0515. The fourth-order valence-corrected chi connectivity index (χ4v) is 3.90. The van der Waals surface area contributed by atoms with Crippen LogP contribution >= 0.6 is 12.4 Å². The second-order valence-electron chi connectivity index (χ2n) is 9.47. The summed E-state index contributed by atoms with van der Waals surface area (Å²) in [6, 6.07) is 4.37. The molecule has 0 bridgehead atoms. The molecule has 1 aromatic heterocycles. The Labute approximate surface area is 244 Å². The van der Waals surface area contributed by atoms with Crippen LogP contribution in [0.3, 0.4) is 0 Å². The topological polar surface area (TPSA) is 141 Å². The number of hydrogen-bond donors (Lipinski definition) is 4. The number of nitrogens with zero attached hydrogens (tertiary/aromatic N) is 1. The van der Waals surface area contributed by atoms with Crippen LogP contribution in [0.1, 0.15) is 53.7 Å². The number of carbonyl (C=O) groups excluding carboxylic acids is 2. The van der Waals surface area contributed by atoms with Crippen molar-refractivity contribution in [3.05, 3.63) is 65.1 Å². The van der Waals surface area contributed by atoms with Crippen molar-refractivity contribution in [2.24, 2.45) is 11.7 Å². The summed E-state index contributed by atoms with van der Waals surface area (Å²) < 4.78 is 70.0.